The molecule has 1 unspecified atom stereocenters. The number of hydrogen-bond donors (Lipinski definition) is 0. The minimum Gasteiger partial charge on any atom is -0.467 e. The normalized spacial score (nSPS) is 32.2. The maximum atomic E-state index is 10.9. The first-order chi connectivity index (χ1) is 4.69. The van der Waals surface area contributed by atoms with Crippen LogP contribution >= 0.6 is 0 Å². The van der Waals surface area contributed by atoms with Crippen molar-refractivity contribution in [3.05, 3.63) is 6.79 Å². The Bertz CT molecular complexity index is 137. The number of rotatable bonds is 1. The van der Waals surface area contributed by atoms with Gasteiger partial charge in [-0.2, -0.15) is 0 Å². The van der Waals surface area contributed by atoms with E-state index >= 15 is 0 Å². The molecular weight excluding hydrogens is 136 g/mol. The van der Waals surface area contributed by atoms with Crippen LogP contribution in [0.1, 0.15) is 6.92 Å². The molecule has 0 amide bonds. The van der Waals surface area contributed by atoms with E-state index in [4.69, 9.17) is 9.47 Å². The van der Waals surface area contributed by atoms with Crippen molar-refractivity contribution in [3.8, 4) is 0 Å². The second-order valence-corrected chi connectivity index (χ2v) is 2.25. The number of esters is 1. The van der Waals surface area contributed by atoms with Gasteiger partial charge in [0.25, 0.3) is 0 Å². The molecule has 4 heteroatoms. The van der Waals surface area contributed by atoms with Gasteiger partial charge in [-0.15, -0.1) is 0 Å². The van der Waals surface area contributed by atoms with Crippen LogP contribution in [0.4, 0.5) is 0 Å². The molecule has 0 saturated carbocycles. The van der Waals surface area contributed by atoms with Crippen molar-refractivity contribution >= 4 is 5.97 Å². The fourth-order valence-electron chi connectivity index (χ4n) is 0.690. The molecule has 1 radical (unpaired) electrons. The van der Waals surface area contributed by atoms with Gasteiger partial charge in [0.1, 0.15) is 0 Å². The Labute approximate surface area is 59.1 Å². The first kappa shape index (κ1) is 7.50. The lowest BCUT2D eigenvalue weighted by Gasteiger charge is -2.16. The molecule has 1 aliphatic heterocycles. The Morgan fingerprint density at radius 1 is 1.80 bits per heavy atom. The van der Waals surface area contributed by atoms with E-state index in [0.717, 1.165) is 6.79 Å². The highest BCUT2D eigenvalue weighted by Crippen LogP contribution is 2.20. The average Bonchev–Trinajstić information content (AvgIpc) is 2.36. The van der Waals surface area contributed by atoms with Gasteiger partial charge in [0.15, 0.2) is 5.60 Å². The highest BCUT2D eigenvalue weighted by Gasteiger charge is 2.40. The van der Waals surface area contributed by atoms with Crippen molar-refractivity contribution in [1.82, 2.24) is 0 Å². The van der Waals surface area contributed by atoms with Crippen LogP contribution in [0.25, 0.3) is 0 Å². The summed E-state index contributed by atoms with van der Waals surface area (Å²) in [6.45, 7) is 2.99. The van der Waals surface area contributed by atoms with Gasteiger partial charge in [-0.25, -0.2) is 4.79 Å². The number of carbonyl (C=O) groups excluding carboxylic acids is 1. The molecule has 0 N–H and O–H groups in total. The molecule has 0 spiro atoms. The Hall–Kier alpha value is -0.610. The molecule has 0 aromatic carbocycles. The Kier molecular flexibility index (Phi) is 1.92. The van der Waals surface area contributed by atoms with Crippen molar-refractivity contribution in [2.75, 3.05) is 13.7 Å². The fraction of sp³-hybridized carbons (Fsp3) is 0.667. The van der Waals surface area contributed by atoms with E-state index < -0.39 is 11.6 Å². The molecule has 0 aliphatic carbocycles. The number of hydrogen-bond acceptors (Lipinski definition) is 4. The molecule has 1 fully saturated rings. The Balaban J connectivity index is 2.58. The topological polar surface area (TPSA) is 44.8 Å². The summed E-state index contributed by atoms with van der Waals surface area (Å²) in [4.78, 5) is 10.9. The van der Waals surface area contributed by atoms with Gasteiger partial charge in [0, 0.05) is 0 Å². The quantitative estimate of drug-likeness (QED) is 0.490. The van der Waals surface area contributed by atoms with Crippen LogP contribution in [0.3, 0.4) is 0 Å². The zero-order valence-electron chi connectivity index (χ0n) is 5.92. The van der Waals surface area contributed by atoms with Crippen LogP contribution in [0.15, 0.2) is 0 Å². The Morgan fingerprint density at radius 2 is 2.50 bits per heavy atom. The molecule has 1 heterocycles. The zero-order valence-corrected chi connectivity index (χ0v) is 5.92. The monoisotopic (exact) mass is 145 g/mol. The summed E-state index contributed by atoms with van der Waals surface area (Å²) in [6, 6.07) is 0. The van der Waals surface area contributed by atoms with Crippen LogP contribution in [-0.2, 0) is 19.0 Å². The van der Waals surface area contributed by atoms with Crippen molar-refractivity contribution in [2.24, 2.45) is 0 Å². The van der Waals surface area contributed by atoms with Gasteiger partial charge < -0.3 is 14.2 Å². The minimum absolute atomic E-state index is 0.222. The lowest BCUT2D eigenvalue weighted by atomic mass is 10.1. The van der Waals surface area contributed by atoms with Crippen LogP contribution in [0.2, 0.25) is 0 Å². The summed E-state index contributed by atoms with van der Waals surface area (Å²) < 4.78 is 14.1. The van der Waals surface area contributed by atoms with Crippen LogP contribution in [0, 0.1) is 6.79 Å². The molecule has 1 atom stereocenters. The highest BCUT2D eigenvalue weighted by atomic mass is 16.7. The van der Waals surface area contributed by atoms with E-state index in [1.54, 1.807) is 6.92 Å². The molecule has 4 nitrogen and oxygen atoms in total. The van der Waals surface area contributed by atoms with Crippen molar-refractivity contribution in [3.63, 3.8) is 0 Å². The minimum atomic E-state index is -0.936. The standard InChI is InChI=1S/C6H9O4/c1-6(5(7)8-2)3-9-4-10-6/h4H,3H2,1-2H3. The third-order valence-electron chi connectivity index (χ3n) is 1.35. The lowest BCUT2D eigenvalue weighted by Crippen LogP contribution is -2.38. The zero-order chi connectivity index (χ0) is 7.61. The first-order valence-corrected chi connectivity index (χ1v) is 2.88. The summed E-state index contributed by atoms with van der Waals surface area (Å²) in [5.41, 5.74) is -0.936. The second-order valence-electron chi connectivity index (χ2n) is 2.25. The third-order valence-corrected chi connectivity index (χ3v) is 1.35. The van der Waals surface area contributed by atoms with Gasteiger partial charge in [-0.3, -0.25) is 0 Å². The maximum Gasteiger partial charge on any atom is 0.340 e. The van der Waals surface area contributed by atoms with Gasteiger partial charge in [0.2, 0.25) is 6.79 Å². The summed E-state index contributed by atoms with van der Waals surface area (Å²) in [5.74, 6) is -0.416. The van der Waals surface area contributed by atoms with E-state index in [-0.39, 0.29) is 6.61 Å². The van der Waals surface area contributed by atoms with Crippen molar-refractivity contribution in [1.29, 1.82) is 0 Å². The van der Waals surface area contributed by atoms with Crippen LogP contribution in [-0.4, -0.2) is 25.3 Å². The molecule has 57 valence electrons. The first-order valence-electron chi connectivity index (χ1n) is 2.88. The van der Waals surface area contributed by atoms with Gasteiger partial charge in [0.05, 0.1) is 13.7 Å². The third kappa shape index (κ3) is 1.12. The molecule has 1 aliphatic rings. The van der Waals surface area contributed by atoms with E-state index in [1.807, 2.05) is 0 Å². The fourth-order valence-corrected chi connectivity index (χ4v) is 0.690. The lowest BCUT2D eigenvalue weighted by molar-refractivity contribution is -0.158. The molecule has 1 rings (SSSR count). The van der Waals surface area contributed by atoms with Crippen LogP contribution < -0.4 is 0 Å². The summed E-state index contributed by atoms with van der Waals surface area (Å²) in [6.07, 6.45) is 0. The maximum absolute atomic E-state index is 10.9. The van der Waals surface area contributed by atoms with Crippen molar-refractivity contribution in [2.45, 2.75) is 12.5 Å². The van der Waals surface area contributed by atoms with E-state index in [2.05, 4.69) is 4.74 Å². The number of carbonyl (C=O) groups is 1. The van der Waals surface area contributed by atoms with E-state index in [0.29, 0.717) is 0 Å². The van der Waals surface area contributed by atoms with Gasteiger partial charge in [-0.05, 0) is 6.92 Å². The number of ether oxygens (including phenoxy) is 3. The molecular formula is C6H9O4. The predicted molar refractivity (Wildman–Crippen MR) is 31.8 cm³/mol. The molecule has 0 bridgehead atoms. The van der Waals surface area contributed by atoms with Crippen molar-refractivity contribution < 1.29 is 19.0 Å². The predicted octanol–water partition coefficient (Wildman–Crippen LogP) is 0.0842. The van der Waals surface area contributed by atoms with Crippen LogP contribution in [0.5, 0.6) is 0 Å². The average molecular weight is 145 g/mol. The smallest absolute Gasteiger partial charge is 0.340 e. The molecule has 0 aromatic heterocycles. The summed E-state index contributed by atoms with van der Waals surface area (Å²) in [7, 11) is 1.31. The molecule has 10 heavy (non-hydrogen) atoms. The van der Waals surface area contributed by atoms with Gasteiger partial charge >= 0.3 is 5.97 Å². The largest absolute Gasteiger partial charge is 0.467 e. The van der Waals surface area contributed by atoms with E-state index in [1.165, 1.54) is 7.11 Å². The van der Waals surface area contributed by atoms with E-state index in [9.17, 15) is 4.79 Å². The Morgan fingerprint density at radius 3 is 2.90 bits per heavy atom. The summed E-state index contributed by atoms with van der Waals surface area (Å²) >= 11 is 0. The number of methoxy groups -OCH3 is 1. The molecule has 1 saturated heterocycles. The van der Waals surface area contributed by atoms with Gasteiger partial charge in [-0.1, -0.05) is 0 Å². The SMILES string of the molecule is COC(=O)C1(C)CO[CH]O1. The second kappa shape index (κ2) is 2.56. The highest BCUT2D eigenvalue weighted by molar-refractivity contribution is 5.79. The molecule has 0 aromatic rings. The summed E-state index contributed by atoms with van der Waals surface area (Å²) in [5, 5.41) is 0.